The van der Waals surface area contributed by atoms with Crippen LogP contribution in [0.2, 0.25) is 0 Å². The van der Waals surface area contributed by atoms with E-state index in [9.17, 15) is 24.6 Å². The lowest BCUT2D eigenvalue weighted by Crippen LogP contribution is -2.70. The fraction of sp³-hybridized carbons (Fsp3) is 0.583. The number of hydrogen-bond donors (Lipinski definition) is 3. The molecule has 0 saturated carbocycles. The molecule has 3 amide bonds. The number of aryl methyl sites for hydroxylation is 2. The maximum Gasteiger partial charge on any atom is 0.411 e. The van der Waals surface area contributed by atoms with Gasteiger partial charge in [-0.15, -0.1) is 0 Å². The van der Waals surface area contributed by atoms with Gasteiger partial charge in [-0.1, -0.05) is 18.2 Å². The summed E-state index contributed by atoms with van der Waals surface area (Å²) in [6.07, 6.45) is 5.53. The summed E-state index contributed by atoms with van der Waals surface area (Å²) in [4.78, 5) is 48.5. The highest BCUT2D eigenvalue weighted by Crippen LogP contribution is 2.40. The predicted octanol–water partition coefficient (Wildman–Crippen LogP) is 4.41. The van der Waals surface area contributed by atoms with Crippen molar-refractivity contribution in [2.75, 3.05) is 44.6 Å². The number of aliphatic hydroxyl groups is 1. The second kappa shape index (κ2) is 14.2. The highest BCUT2D eigenvalue weighted by atomic mass is 16.6. The molecule has 254 valence electrons. The van der Waals surface area contributed by atoms with E-state index in [-0.39, 0.29) is 37.0 Å². The summed E-state index contributed by atoms with van der Waals surface area (Å²) in [7, 11) is 0. The Morgan fingerprint density at radius 3 is 2.47 bits per heavy atom. The molecule has 2 aromatic carbocycles. The molecular weight excluding hydrogens is 598 g/mol. The quantitative estimate of drug-likeness (QED) is 0.378. The number of likely N-dealkylation sites (tertiary alicyclic amines) is 3. The second-order valence-electron chi connectivity index (χ2n) is 13.8. The highest BCUT2D eigenvalue weighted by Gasteiger charge is 2.52. The molecule has 0 radical (unpaired) electrons. The summed E-state index contributed by atoms with van der Waals surface area (Å²) < 4.78 is 5.94. The topological polar surface area (TPSA) is 126 Å². The number of para-hydroxylation sites is 1. The summed E-state index contributed by atoms with van der Waals surface area (Å²) in [5.74, 6) is 0.232. The van der Waals surface area contributed by atoms with Crippen LogP contribution < -0.4 is 5.32 Å². The van der Waals surface area contributed by atoms with Crippen molar-refractivity contribution in [3.63, 3.8) is 0 Å². The highest BCUT2D eigenvalue weighted by molar-refractivity contribution is 5.91. The van der Waals surface area contributed by atoms with E-state index in [1.807, 2.05) is 55.1 Å². The molecule has 0 spiro atoms. The van der Waals surface area contributed by atoms with Gasteiger partial charge in [0.05, 0.1) is 6.10 Å². The van der Waals surface area contributed by atoms with Crippen molar-refractivity contribution in [3.05, 3.63) is 58.7 Å². The monoisotopic (exact) mass is 647 g/mol. The molecule has 2 aromatic rings. The van der Waals surface area contributed by atoms with Crippen LogP contribution in [0.5, 0.6) is 5.75 Å². The number of β-amino-alcohol motifs (C(OH)–C–C–N with tert-alkyl or cyclic N) is 1. The van der Waals surface area contributed by atoms with Gasteiger partial charge in [-0.2, -0.15) is 0 Å². The number of aldehydes is 1. The summed E-state index contributed by atoms with van der Waals surface area (Å²) in [5, 5.41) is 23.6. The minimum atomic E-state index is -0.950. The number of urea groups is 1. The second-order valence-corrected chi connectivity index (χ2v) is 13.8. The number of hydrogen-bond acceptors (Lipinski definition) is 8. The number of fused-ring (bicyclic) bond motifs is 1. The van der Waals surface area contributed by atoms with Crippen LogP contribution in [0.15, 0.2) is 36.4 Å². The number of rotatable bonds is 7. The van der Waals surface area contributed by atoms with E-state index in [0.29, 0.717) is 62.7 Å². The predicted molar refractivity (Wildman–Crippen MR) is 178 cm³/mol. The standard InChI is InChI=1S/C36H49N5O6/c1-25-20-27(21-26(2)33(25)44)24-47-35(46)41-18-12-30(40-17-9-28-6-3-4-8-32(28)37-34(40)45)22-36(41,13-19-42)39-15-10-29(11-16-39)38-14-5-7-31(43)23-38/h3-4,6,8,19-21,29-31,43-44H,5,7,9-18,22-24H2,1-2H3,(H,37,45)/t30-,31-,36-/m0/s1. The van der Waals surface area contributed by atoms with Crippen molar-refractivity contribution in [2.45, 2.75) is 95.7 Å². The molecule has 11 heteroatoms. The molecule has 4 aliphatic heterocycles. The molecule has 3 saturated heterocycles. The maximum atomic E-state index is 14.0. The van der Waals surface area contributed by atoms with Gasteiger partial charge < -0.3 is 30.0 Å². The van der Waals surface area contributed by atoms with Crippen molar-refractivity contribution in [3.8, 4) is 5.75 Å². The van der Waals surface area contributed by atoms with Crippen molar-refractivity contribution < 1.29 is 29.3 Å². The van der Waals surface area contributed by atoms with Crippen LogP contribution in [0.25, 0.3) is 0 Å². The van der Waals surface area contributed by atoms with Gasteiger partial charge in [0.2, 0.25) is 0 Å². The Hall–Kier alpha value is -3.67. The molecule has 0 unspecified atom stereocenters. The number of aliphatic hydroxyl groups excluding tert-OH is 1. The first-order valence-electron chi connectivity index (χ1n) is 17.2. The first-order chi connectivity index (χ1) is 22.7. The molecule has 0 bridgehead atoms. The number of nitrogens with one attached hydrogen (secondary N) is 1. The molecule has 3 fully saturated rings. The number of amides is 3. The van der Waals surface area contributed by atoms with Crippen LogP contribution in [0.3, 0.4) is 0 Å². The lowest BCUT2D eigenvalue weighted by Gasteiger charge is -2.57. The van der Waals surface area contributed by atoms with Crippen LogP contribution >= 0.6 is 0 Å². The summed E-state index contributed by atoms with van der Waals surface area (Å²) in [6.45, 7) is 7.62. The first kappa shape index (κ1) is 33.2. The molecule has 3 atom stereocenters. The van der Waals surface area contributed by atoms with Crippen LogP contribution in [0.4, 0.5) is 15.3 Å². The maximum absolute atomic E-state index is 14.0. The van der Waals surface area contributed by atoms with E-state index in [4.69, 9.17) is 4.74 Å². The lowest BCUT2D eigenvalue weighted by atomic mass is 9.84. The molecular formula is C36H49N5O6. The number of anilines is 1. The molecule has 4 heterocycles. The summed E-state index contributed by atoms with van der Waals surface area (Å²) >= 11 is 0. The van der Waals surface area contributed by atoms with Crippen molar-refractivity contribution in [2.24, 2.45) is 0 Å². The third-order valence-corrected chi connectivity index (χ3v) is 10.9. The normalized spacial score (nSPS) is 26.3. The van der Waals surface area contributed by atoms with Gasteiger partial charge in [-0.05, 0) is 99.4 Å². The smallest absolute Gasteiger partial charge is 0.411 e. The fourth-order valence-corrected chi connectivity index (χ4v) is 8.41. The Bertz CT molecular complexity index is 1440. The van der Waals surface area contributed by atoms with Crippen LogP contribution in [0.1, 0.15) is 67.2 Å². The Morgan fingerprint density at radius 2 is 1.74 bits per heavy atom. The van der Waals surface area contributed by atoms with E-state index < -0.39 is 11.8 Å². The van der Waals surface area contributed by atoms with E-state index in [1.165, 1.54) is 0 Å². The lowest BCUT2D eigenvalue weighted by molar-refractivity contribution is -0.129. The number of aromatic hydroxyl groups is 1. The fourth-order valence-electron chi connectivity index (χ4n) is 8.41. The number of carbonyl (C=O) groups is 3. The average molecular weight is 648 g/mol. The zero-order valence-electron chi connectivity index (χ0n) is 27.7. The molecule has 6 rings (SSSR count). The number of piperidine rings is 3. The number of benzene rings is 2. The molecule has 47 heavy (non-hydrogen) atoms. The Kier molecular flexibility index (Phi) is 10.1. The molecule has 0 aliphatic carbocycles. The Balaban J connectivity index is 1.24. The van der Waals surface area contributed by atoms with Gasteiger partial charge in [-0.3, -0.25) is 14.7 Å². The van der Waals surface area contributed by atoms with Crippen LogP contribution in [0, 0.1) is 13.8 Å². The molecule has 3 N–H and O–H groups in total. The zero-order chi connectivity index (χ0) is 33.1. The minimum absolute atomic E-state index is 0.0457. The van der Waals surface area contributed by atoms with Gasteiger partial charge >= 0.3 is 12.1 Å². The Labute approximate surface area is 277 Å². The number of carbonyl (C=O) groups excluding carboxylic acids is 3. The number of nitrogens with zero attached hydrogens (tertiary/aromatic N) is 4. The average Bonchev–Trinajstić information content (AvgIpc) is 3.24. The third kappa shape index (κ3) is 6.98. The van der Waals surface area contributed by atoms with Crippen LogP contribution in [-0.4, -0.2) is 111 Å². The van der Waals surface area contributed by atoms with Gasteiger partial charge in [0.15, 0.2) is 0 Å². The first-order valence-corrected chi connectivity index (χ1v) is 17.2. The minimum Gasteiger partial charge on any atom is -0.507 e. The number of ether oxygens (including phenoxy) is 1. The van der Waals surface area contributed by atoms with Crippen LogP contribution in [-0.2, 0) is 22.6 Å². The van der Waals surface area contributed by atoms with E-state index in [2.05, 4.69) is 15.1 Å². The van der Waals surface area contributed by atoms with Crippen molar-refractivity contribution in [1.29, 1.82) is 0 Å². The number of phenols is 1. The van der Waals surface area contributed by atoms with Crippen molar-refractivity contribution in [1.82, 2.24) is 19.6 Å². The molecule has 0 aromatic heterocycles. The van der Waals surface area contributed by atoms with Gasteiger partial charge in [0.1, 0.15) is 24.3 Å². The largest absolute Gasteiger partial charge is 0.507 e. The van der Waals surface area contributed by atoms with Gasteiger partial charge in [-0.25, -0.2) is 9.59 Å². The summed E-state index contributed by atoms with van der Waals surface area (Å²) in [5.41, 5.74) is 3.18. The molecule has 4 aliphatic rings. The molecule has 11 nitrogen and oxygen atoms in total. The zero-order valence-corrected chi connectivity index (χ0v) is 27.7. The Morgan fingerprint density at radius 1 is 1.02 bits per heavy atom. The summed E-state index contributed by atoms with van der Waals surface area (Å²) in [6, 6.07) is 11.5. The van der Waals surface area contributed by atoms with Gasteiger partial charge in [0, 0.05) is 63.3 Å². The van der Waals surface area contributed by atoms with E-state index >= 15 is 0 Å². The SMILES string of the molecule is Cc1cc(COC(=O)N2CC[C@H](N3CCc4ccccc4NC3=O)C[C@@]2(CC=O)N2CCC(N3CCC[C@H](O)C3)CC2)cc(C)c1O. The van der Waals surface area contributed by atoms with E-state index in [1.54, 1.807) is 4.90 Å². The third-order valence-electron chi connectivity index (χ3n) is 10.9. The van der Waals surface area contributed by atoms with Gasteiger partial charge in [0.25, 0.3) is 0 Å². The van der Waals surface area contributed by atoms with E-state index in [0.717, 1.165) is 61.7 Å². The van der Waals surface area contributed by atoms with Crippen molar-refractivity contribution >= 4 is 24.1 Å². The number of phenolic OH excluding ortho intramolecular Hbond substituents is 1.